The first-order chi connectivity index (χ1) is 7.08. The molecule has 0 bridgehead atoms. The van der Waals surface area contributed by atoms with Crippen molar-refractivity contribution in [2.24, 2.45) is 0 Å². The van der Waals surface area contributed by atoms with Gasteiger partial charge in [0.05, 0.1) is 0 Å². The van der Waals surface area contributed by atoms with Crippen molar-refractivity contribution in [1.82, 2.24) is 0 Å². The van der Waals surface area contributed by atoms with Gasteiger partial charge in [0.15, 0.2) is 0 Å². The van der Waals surface area contributed by atoms with Gasteiger partial charge in [-0.05, 0) is 0 Å². The van der Waals surface area contributed by atoms with Crippen molar-refractivity contribution in [2.75, 3.05) is 0 Å². The van der Waals surface area contributed by atoms with Crippen LogP contribution in [-0.2, 0) is 0 Å². The van der Waals surface area contributed by atoms with Crippen LogP contribution in [0.5, 0.6) is 0 Å². The van der Waals surface area contributed by atoms with Crippen LogP contribution in [-0.4, -0.2) is 26.8 Å². The second kappa shape index (κ2) is 3.93. The van der Waals surface area contributed by atoms with Crippen molar-refractivity contribution in [3.05, 3.63) is 29.3 Å². The molecule has 1 aromatic rings. The summed E-state index contributed by atoms with van der Waals surface area (Å²) in [7, 11) is 0. The summed E-state index contributed by atoms with van der Waals surface area (Å²) in [6, 6.07) is 1.82. The third kappa shape index (κ3) is 2.37. The molecule has 0 aliphatic heterocycles. The Hall–Kier alpha value is -0.892. The second-order valence-corrected chi connectivity index (χ2v) is 6.53. The number of rotatable bonds is 3. The fourth-order valence-electron chi connectivity index (χ4n) is 1.21. The zero-order valence-corrected chi connectivity index (χ0v) is 9.58. The van der Waals surface area contributed by atoms with E-state index in [4.69, 9.17) is 5.11 Å². The van der Waals surface area contributed by atoms with Crippen molar-refractivity contribution in [3.63, 3.8) is 0 Å². The fraction of sp³-hybridized carbons (Fsp3) is 0.300. The van der Waals surface area contributed by atoms with Crippen LogP contribution < -0.4 is 4.35 Å². The van der Waals surface area contributed by atoms with Crippen molar-refractivity contribution < 1.29 is 18.7 Å². The summed E-state index contributed by atoms with van der Waals surface area (Å²) in [5.41, 5.74) is -0.0826. The van der Waals surface area contributed by atoms with E-state index in [9.17, 15) is 13.6 Å². The third-order valence-corrected chi connectivity index (χ3v) is 5.35. The molecule has 2 rings (SSSR count). The number of hydrogen-bond acceptors (Lipinski definition) is 1. The molecule has 0 saturated heterocycles. The molecule has 1 N–H and O–H groups in total. The molecule has 0 unspecified atom stereocenters. The summed E-state index contributed by atoms with van der Waals surface area (Å²) in [5, 5.41) is 8.84. The van der Waals surface area contributed by atoms with Gasteiger partial charge in [-0.25, -0.2) is 0 Å². The first kappa shape index (κ1) is 10.6. The van der Waals surface area contributed by atoms with Gasteiger partial charge >= 0.3 is 91.6 Å². The average molecular weight is 273 g/mol. The molecule has 1 aliphatic carbocycles. The number of carboxylic acids is 1. The van der Waals surface area contributed by atoms with Gasteiger partial charge in [0, 0.05) is 0 Å². The molecule has 0 aromatic heterocycles. The Morgan fingerprint density at radius 1 is 1.33 bits per heavy atom. The number of benzene rings is 1. The molecular weight excluding hydrogens is 265 g/mol. The molecule has 1 fully saturated rings. The molecule has 0 spiro atoms. The number of aromatic carboxylic acids is 1. The Bertz CT molecular complexity index is 416. The van der Waals surface area contributed by atoms with Crippen LogP contribution in [0.3, 0.4) is 0 Å². The van der Waals surface area contributed by atoms with E-state index in [0.717, 1.165) is 25.0 Å². The Morgan fingerprint density at radius 2 is 1.93 bits per heavy atom. The van der Waals surface area contributed by atoms with Crippen LogP contribution in [0.15, 0.2) is 12.1 Å². The monoisotopic (exact) mass is 273 g/mol. The Kier molecular flexibility index (Phi) is 2.78. The van der Waals surface area contributed by atoms with Gasteiger partial charge in [-0.15, -0.1) is 0 Å². The zero-order valence-electron chi connectivity index (χ0n) is 7.70. The average Bonchev–Trinajstić information content (AvgIpc) is 2.94. The quantitative estimate of drug-likeness (QED) is 0.849. The Labute approximate surface area is 92.0 Å². The van der Waals surface area contributed by atoms with Gasteiger partial charge in [0.2, 0.25) is 0 Å². The van der Waals surface area contributed by atoms with Gasteiger partial charge < -0.3 is 0 Å². The van der Waals surface area contributed by atoms with E-state index in [-0.39, 0.29) is 21.3 Å². The Morgan fingerprint density at radius 3 is 2.47 bits per heavy atom. The molecule has 1 aliphatic rings. The maximum absolute atomic E-state index is 12.9. The first-order valence-corrected chi connectivity index (χ1v) is 6.53. The topological polar surface area (TPSA) is 37.3 Å². The van der Waals surface area contributed by atoms with Gasteiger partial charge in [0.1, 0.15) is 0 Å². The molecule has 1 saturated carbocycles. The molecule has 1 radical (unpaired) electrons. The van der Waals surface area contributed by atoms with Crippen LogP contribution in [0.1, 0.15) is 23.2 Å². The molecule has 15 heavy (non-hydrogen) atoms. The standard InChI is InChI=1S/C10H8AsF2O2/c12-8-3-6(10(14)15)7(4-9(8)13)11-5-1-2-5/h3-5H,1-2H2,(H,14,15). The number of halogens is 2. The molecule has 0 amide bonds. The molecule has 0 heterocycles. The molecule has 0 atom stereocenters. The third-order valence-electron chi connectivity index (χ3n) is 2.14. The minimum absolute atomic E-state index is 0.0826. The summed E-state index contributed by atoms with van der Waals surface area (Å²) in [4.78, 5) is 10.8. The van der Waals surface area contributed by atoms with Crippen LogP contribution in [0.25, 0.3) is 0 Å². The van der Waals surface area contributed by atoms with Crippen LogP contribution in [0, 0.1) is 11.6 Å². The molecular formula is C10H8AsF2O2. The zero-order chi connectivity index (χ0) is 11.0. The fourth-order valence-corrected chi connectivity index (χ4v) is 3.92. The summed E-state index contributed by atoms with van der Waals surface area (Å²) in [6.07, 6.45) is 2.16. The minimum atomic E-state index is -1.18. The van der Waals surface area contributed by atoms with Gasteiger partial charge in [-0.1, -0.05) is 0 Å². The van der Waals surface area contributed by atoms with Crippen molar-refractivity contribution in [1.29, 1.82) is 0 Å². The number of hydrogen-bond donors (Lipinski definition) is 1. The van der Waals surface area contributed by atoms with Gasteiger partial charge in [0.25, 0.3) is 0 Å². The number of carbonyl (C=O) groups is 1. The van der Waals surface area contributed by atoms with E-state index in [0.29, 0.717) is 9.06 Å². The normalized spacial score (nSPS) is 16.1. The molecule has 79 valence electrons. The predicted molar refractivity (Wildman–Crippen MR) is 51.7 cm³/mol. The summed E-state index contributed by atoms with van der Waals surface area (Å²) in [6.45, 7) is 0. The van der Waals surface area contributed by atoms with Crippen LogP contribution >= 0.6 is 0 Å². The van der Waals surface area contributed by atoms with E-state index in [1.54, 1.807) is 0 Å². The van der Waals surface area contributed by atoms with E-state index in [1.807, 2.05) is 0 Å². The first-order valence-electron chi connectivity index (χ1n) is 4.51. The van der Waals surface area contributed by atoms with Crippen molar-refractivity contribution in [2.45, 2.75) is 17.5 Å². The Balaban J connectivity index is 2.39. The van der Waals surface area contributed by atoms with E-state index in [2.05, 4.69) is 0 Å². The molecule has 2 nitrogen and oxygen atoms in total. The predicted octanol–water partition coefficient (Wildman–Crippen LogP) is 1.57. The van der Waals surface area contributed by atoms with E-state index >= 15 is 0 Å². The molecule has 5 heteroatoms. The maximum atomic E-state index is 12.9. The van der Waals surface area contributed by atoms with Gasteiger partial charge in [-0.3, -0.25) is 0 Å². The SMILES string of the molecule is O=C(O)c1cc(F)c(F)cc1[As]C1CC1. The van der Waals surface area contributed by atoms with E-state index < -0.39 is 17.6 Å². The van der Waals surface area contributed by atoms with Crippen LogP contribution in [0.2, 0.25) is 4.71 Å². The van der Waals surface area contributed by atoms with Crippen molar-refractivity contribution >= 4 is 26.1 Å². The summed E-state index contributed by atoms with van der Waals surface area (Å²) < 4.78 is 26.8. The van der Waals surface area contributed by atoms with Crippen LogP contribution in [0.4, 0.5) is 8.78 Å². The van der Waals surface area contributed by atoms with Crippen molar-refractivity contribution in [3.8, 4) is 0 Å². The molecule has 1 aromatic carbocycles. The summed E-state index contributed by atoms with van der Waals surface area (Å²) in [5.74, 6) is -3.22. The van der Waals surface area contributed by atoms with Gasteiger partial charge in [-0.2, -0.15) is 0 Å². The second-order valence-electron chi connectivity index (χ2n) is 3.45. The van der Waals surface area contributed by atoms with E-state index in [1.165, 1.54) is 0 Å². The number of carboxylic acid groups (broad SMARTS) is 1. The summed E-state index contributed by atoms with van der Waals surface area (Å²) >= 11 is -0.343.